The van der Waals surface area contributed by atoms with Crippen LogP contribution in [0.15, 0.2) is 30.6 Å². The average molecular weight is 339 g/mol. The average Bonchev–Trinajstić information content (AvgIpc) is 3.14. The zero-order valence-corrected chi connectivity index (χ0v) is 13.0. The molecule has 3 aromatic rings. The highest BCUT2D eigenvalue weighted by molar-refractivity contribution is 7.18. The molecular formula is C14H12F3N5S. The van der Waals surface area contributed by atoms with Crippen molar-refractivity contribution >= 4 is 16.5 Å². The molecule has 0 amide bonds. The van der Waals surface area contributed by atoms with E-state index in [-0.39, 0.29) is 10.6 Å². The van der Waals surface area contributed by atoms with Crippen molar-refractivity contribution in [1.29, 1.82) is 0 Å². The van der Waals surface area contributed by atoms with Crippen LogP contribution in [-0.2, 0) is 13.2 Å². The second kappa shape index (κ2) is 5.65. The molecule has 23 heavy (non-hydrogen) atoms. The van der Waals surface area contributed by atoms with Crippen LogP contribution in [0.3, 0.4) is 0 Å². The van der Waals surface area contributed by atoms with Gasteiger partial charge in [-0.2, -0.15) is 18.3 Å². The normalized spacial score (nSPS) is 11.7. The monoisotopic (exact) mass is 339 g/mol. The molecule has 0 aliphatic rings. The molecule has 0 aliphatic carbocycles. The third-order valence-electron chi connectivity index (χ3n) is 3.23. The Bertz CT molecular complexity index is 837. The summed E-state index contributed by atoms with van der Waals surface area (Å²) >= 11 is 1.07. The van der Waals surface area contributed by atoms with Crippen LogP contribution in [0.4, 0.5) is 18.3 Å². The minimum atomic E-state index is -4.49. The molecule has 2 aromatic heterocycles. The van der Waals surface area contributed by atoms with Crippen LogP contribution in [-0.4, -0.2) is 27.0 Å². The van der Waals surface area contributed by atoms with E-state index >= 15 is 0 Å². The smallest absolute Gasteiger partial charge is 0.363 e. The first-order valence-corrected chi connectivity index (χ1v) is 7.42. The number of nitrogens with one attached hydrogen (secondary N) is 1. The first-order valence-electron chi connectivity index (χ1n) is 6.60. The van der Waals surface area contributed by atoms with Gasteiger partial charge in [0.1, 0.15) is 5.01 Å². The molecule has 0 unspecified atom stereocenters. The van der Waals surface area contributed by atoms with Gasteiger partial charge in [-0.3, -0.25) is 4.68 Å². The first kappa shape index (κ1) is 15.5. The number of nitrogens with zero attached hydrogens (tertiary/aromatic N) is 4. The lowest BCUT2D eigenvalue weighted by Gasteiger charge is -2.12. The Hall–Kier alpha value is -2.42. The van der Waals surface area contributed by atoms with Gasteiger partial charge in [0.2, 0.25) is 5.13 Å². The molecule has 2 heterocycles. The van der Waals surface area contributed by atoms with Crippen LogP contribution in [0, 0.1) is 0 Å². The minimum Gasteiger partial charge on any atom is -0.363 e. The van der Waals surface area contributed by atoms with Gasteiger partial charge in [0.15, 0.2) is 0 Å². The lowest BCUT2D eigenvalue weighted by Crippen LogP contribution is -2.07. The van der Waals surface area contributed by atoms with Gasteiger partial charge in [-0.15, -0.1) is 10.2 Å². The van der Waals surface area contributed by atoms with Crippen molar-refractivity contribution in [3.8, 4) is 21.7 Å². The highest BCUT2D eigenvalue weighted by Crippen LogP contribution is 2.40. The van der Waals surface area contributed by atoms with E-state index in [1.54, 1.807) is 31.0 Å². The Morgan fingerprint density at radius 2 is 1.96 bits per heavy atom. The Kier molecular flexibility index (Phi) is 3.80. The number of anilines is 1. The SMILES string of the molecule is CNc1nnc(-c2ccc(-c3cnn(C)c3)cc2C(F)(F)F)s1. The van der Waals surface area contributed by atoms with E-state index in [1.165, 1.54) is 12.3 Å². The lowest BCUT2D eigenvalue weighted by atomic mass is 10.0. The lowest BCUT2D eigenvalue weighted by molar-refractivity contribution is -0.137. The number of aromatic nitrogens is 4. The molecular weight excluding hydrogens is 327 g/mol. The molecule has 0 saturated carbocycles. The maximum Gasteiger partial charge on any atom is 0.417 e. The summed E-state index contributed by atoms with van der Waals surface area (Å²) in [5, 5.41) is 15.1. The van der Waals surface area contributed by atoms with Crippen molar-refractivity contribution in [1.82, 2.24) is 20.0 Å². The summed E-state index contributed by atoms with van der Waals surface area (Å²) in [6.07, 6.45) is -1.29. The maximum atomic E-state index is 13.4. The fourth-order valence-electron chi connectivity index (χ4n) is 2.15. The zero-order chi connectivity index (χ0) is 16.6. The van der Waals surface area contributed by atoms with E-state index in [1.807, 2.05) is 0 Å². The number of hydrogen-bond donors (Lipinski definition) is 1. The maximum absolute atomic E-state index is 13.4. The summed E-state index contributed by atoms with van der Waals surface area (Å²) in [6, 6.07) is 4.17. The molecule has 0 aliphatic heterocycles. The fourth-order valence-corrected chi connectivity index (χ4v) is 2.88. The van der Waals surface area contributed by atoms with Gasteiger partial charge in [-0.25, -0.2) is 0 Å². The first-order chi connectivity index (χ1) is 10.9. The number of hydrogen-bond acceptors (Lipinski definition) is 5. The predicted octanol–water partition coefficient (Wildman–Crippen LogP) is 3.67. The number of aryl methyl sites for hydroxylation is 1. The van der Waals surface area contributed by atoms with Crippen molar-refractivity contribution < 1.29 is 13.2 Å². The third kappa shape index (κ3) is 3.04. The molecule has 1 N–H and O–H groups in total. The second-order valence-corrected chi connectivity index (χ2v) is 5.80. The Morgan fingerprint density at radius 3 is 2.52 bits per heavy atom. The Labute approximate surface area is 133 Å². The van der Waals surface area contributed by atoms with E-state index in [4.69, 9.17) is 0 Å². The number of rotatable bonds is 3. The van der Waals surface area contributed by atoms with Crippen molar-refractivity contribution in [2.24, 2.45) is 7.05 Å². The largest absolute Gasteiger partial charge is 0.417 e. The molecule has 1 aromatic carbocycles. The van der Waals surface area contributed by atoms with Gasteiger partial charge in [-0.1, -0.05) is 23.5 Å². The van der Waals surface area contributed by atoms with Crippen molar-refractivity contribution in [2.75, 3.05) is 12.4 Å². The molecule has 0 atom stereocenters. The molecule has 9 heteroatoms. The summed E-state index contributed by atoms with van der Waals surface area (Å²) in [4.78, 5) is 0. The Morgan fingerprint density at radius 1 is 1.17 bits per heavy atom. The highest BCUT2D eigenvalue weighted by atomic mass is 32.1. The molecule has 0 fully saturated rings. The van der Waals surface area contributed by atoms with Crippen molar-refractivity contribution in [2.45, 2.75) is 6.18 Å². The second-order valence-electron chi connectivity index (χ2n) is 4.82. The van der Waals surface area contributed by atoms with Gasteiger partial charge < -0.3 is 5.32 Å². The summed E-state index contributed by atoms with van der Waals surface area (Å²) in [7, 11) is 3.35. The van der Waals surface area contributed by atoms with Crippen LogP contribution < -0.4 is 5.32 Å². The standard InChI is InChI=1S/C14H12F3N5S/c1-18-13-21-20-12(23-13)10-4-3-8(5-11(10)14(15,16)17)9-6-19-22(2)7-9/h3-7H,1-2H3,(H,18,21). The number of benzene rings is 1. The van der Waals surface area contributed by atoms with Crippen molar-refractivity contribution in [3.63, 3.8) is 0 Å². The van der Waals surface area contributed by atoms with Gasteiger partial charge in [0.05, 0.1) is 11.8 Å². The van der Waals surface area contributed by atoms with E-state index < -0.39 is 11.7 Å². The topological polar surface area (TPSA) is 55.6 Å². The van der Waals surface area contributed by atoms with Crippen LogP contribution in [0.25, 0.3) is 21.7 Å². The number of halogens is 3. The van der Waals surface area contributed by atoms with Crippen molar-refractivity contribution in [3.05, 3.63) is 36.2 Å². The fraction of sp³-hybridized carbons (Fsp3) is 0.214. The summed E-state index contributed by atoms with van der Waals surface area (Å²) < 4.78 is 41.9. The predicted molar refractivity (Wildman–Crippen MR) is 82.1 cm³/mol. The molecule has 0 spiro atoms. The van der Waals surface area contributed by atoms with Gasteiger partial charge in [0.25, 0.3) is 0 Å². The van der Waals surface area contributed by atoms with E-state index in [2.05, 4.69) is 20.6 Å². The molecule has 0 bridgehead atoms. The molecule has 3 rings (SSSR count). The zero-order valence-electron chi connectivity index (χ0n) is 12.2. The Balaban J connectivity index is 2.13. The molecule has 0 radical (unpaired) electrons. The van der Waals surface area contributed by atoms with E-state index in [9.17, 15) is 13.2 Å². The summed E-state index contributed by atoms with van der Waals surface area (Å²) in [5.74, 6) is 0. The van der Waals surface area contributed by atoms with Gasteiger partial charge in [-0.05, 0) is 11.6 Å². The highest BCUT2D eigenvalue weighted by Gasteiger charge is 2.35. The van der Waals surface area contributed by atoms with E-state index in [0.717, 1.165) is 17.4 Å². The molecule has 0 saturated heterocycles. The van der Waals surface area contributed by atoms with E-state index in [0.29, 0.717) is 16.3 Å². The minimum absolute atomic E-state index is 0.0177. The van der Waals surface area contributed by atoms with Gasteiger partial charge >= 0.3 is 6.18 Å². The number of alkyl halides is 3. The van der Waals surface area contributed by atoms with Crippen LogP contribution in [0.2, 0.25) is 0 Å². The third-order valence-corrected chi connectivity index (χ3v) is 4.21. The summed E-state index contributed by atoms with van der Waals surface area (Å²) in [5.41, 5.74) is 0.354. The van der Waals surface area contributed by atoms with Crippen LogP contribution >= 0.6 is 11.3 Å². The molecule has 120 valence electrons. The quantitative estimate of drug-likeness (QED) is 0.791. The van der Waals surface area contributed by atoms with Gasteiger partial charge in [0, 0.05) is 31.4 Å². The van der Waals surface area contributed by atoms with Crippen LogP contribution in [0.5, 0.6) is 0 Å². The van der Waals surface area contributed by atoms with Crippen LogP contribution in [0.1, 0.15) is 5.56 Å². The summed E-state index contributed by atoms with van der Waals surface area (Å²) in [6.45, 7) is 0. The molecule has 5 nitrogen and oxygen atoms in total.